The van der Waals surface area contributed by atoms with E-state index in [1.165, 1.54) is 7.05 Å². The molecule has 1 atom stereocenters. The molecule has 1 N–H and O–H groups in total. The lowest BCUT2D eigenvalue weighted by Crippen LogP contribution is -2.34. The topological polar surface area (TPSA) is 93.3 Å². The van der Waals surface area contributed by atoms with Crippen LogP contribution in [0.2, 0.25) is 0 Å². The van der Waals surface area contributed by atoms with Crippen LogP contribution in [0.4, 0.5) is 8.78 Å². The molecular formula is C14H15F2N5O3. The largest absolute Gasteiger partial charge is 0.352 e. The van der Waals surface area contributed by atoms with Crippen LogP contribution in [0.25, 0.3) is 0 Å². The average molecular weight is 339 g/mol. The van der Waals surface area contributed by atoms with Crippen molar-refractivity contribution >= 4 is 11.8 Å². The Hall–Kier alpha value is -2.78. The van der Waals surface area contributed by atoms with Crippen LogP contribution >= 0.6 is 0 Å². The van der Waals surface area contributed by atoms with E-state index in [0.29, 0.717) is 0 Å². The highest BCUT2D eigenvalue weighted by Crippen LogP contribution is 2.41. The third-order valence-corrected chi connectivity index (χ3v) is 3.85. The number of nitrogens with zero attached hydrogens (tertiary/aromatic N) is 4. The van der Waals surface area contributed by atoms with Gasteiger partial charge in [0.05, 0.1) is 6.54 Å². The molecule has 2 amide bonds. The van der Waals surface area contributed by atoms with E-state index in [1.807, 2.05) is 0 Å². The molecule has 3 rings (SSSR count). The van der Waals surface area contributed by atoms with E-state index in [9.17, 15) is 18.4 Å². The molecule has 1 aliphatic heterocycles. The fourth-order valence-corrected chi connectivity index (χ4v) is 2.66. The number of aryl methyl sites for hydroxylation is 1. The normalized spacial score (nSPS) is 19.5. The third-order valence-electron chi connectivity index (χ3n) is 3.85. The molecular weight excluding hydrogens is 324 g/mol. The van der Waals surface area contributed by atoms with Crippen LogP contribution in [-0.2, 0) is 7.05 Å². The van der Waals surface area contributed by atoms with Crippen LogP contribution in [0.5, 0.6) is 0 Å². The Kier molecular flexibility index (Phi) is 3.82. The van der Waals surface area contributed by atoms with E-state index in [1.54, 1.807) is 29.9 Å². The van der Waals surface area contributed by atoms with Gasteiger partial charge in [-0.25, -0.2) is 8.78 Å². The molecule has 0 saturated carbocycles. The maximum Gasteiger partial charge on any atom is 0.292 e. The molecule has 24 heavy (non-hydrogen) atoms. The smallest absolute Gasteiger partial charge is 0.292 e. The maximum atomic E-state index is 13.9. The van der Waals surface area contributed by atoms with Crippen molar-refractivity contribution in [2.75, 3.05) is 13.6 Å². The number of rotatable bonds is 3. The first-order valence-corrected chi connectivity index (χ1v) is 7.18. The van der Waals surface area contributed by atoms with E-state index in [4.69, 9.17) is 4.52 Å². The fraction of sp³-hybridized carbons (Fsp3) is 0.429. The Bertz CT molecular complexity index is 785. The Morgan fingerprint density at radius 1 is 1.46 bits per heavy atom. The summed E-state index contributed by atoms with van der Waals surface area (Å²) < 4.78 is 34.3. The molecule has 0 aliphatic carbocycles. The van der Waals surface area contributed by atoms with E-state index in [0.717, 1.165) is 4.90 Å². The van der Waals surface area contributed by atoms with E-state index in [-0.39, 0.29) is 17.4 Å². The van der Waals surface area contributed by atoms with Crippen molar-refractivity contribution in [1.29, 1.82) is 0 Å². The Labute approximate surface area is 135 Å². The summed E-state index contributed by atoms with van der Waals surface area (Å²) in [6, 6.07) is 2.10. The summed E-state index contributed by atoms with van der Waals surface area (Å²) in [5.41, 5.74) is 0.267. The van der Waals surface area contributed by atoms with E-state index >= 15 is 0 Å². The Morgan fingerprint density at radius 3 is 2.83 bits per heavy atom. The van der Waals surface area contributed by atoms with Crippen molar-refractivity contribution in [2.45, 2.75) is 18.4 Å². The summed E-state index contributed by atoms with van der Waals surface area (Å²) in [6.07, 6.45) is 1.01. The summed E-state index contributed by atoms with van der Waals surface area (Å²) in [6.45, 7) is -0.751. The van der Waals surface area contributed by atoms with Crippen LogP contribution in [0.3, 0.4) is 0 Å². The van der Waals surface area contributed by atoms with Gasteiger partial charge < -0.3 is 19.3 Å². The molecule has 10 heteroatoms. The lowest BCUT2D eigenvalue weighted by molar-refractivity contribution is 0.0115. The second-order valence-electron chi connectivity index (χ2n) is 5.55. The standard InChI is InChI=1S/C14H15F2N5O3/c1-17-11(22)10-18-12(24-19-10)9-6-14(15,16)7-21(9)13(23)8-4-3-5-20(8)2/h3-5,9H,6-7H2,1-2H3,(H,17,22)/t9-/m0/s1. The van der Waals surface area contributed by atoms with Crippen molar-refractivity contribution in [3.63, 3.8) is 0 Å². The first kappa shape index (κ1) is 16.1. The van der Waals surface area contributed by atoms with Crippen LogP contribution in [0.1, 0.15) is 39.5 Å². The molecule has 0 aromatic carbocycles. The molecule has 0 unspecified atom stereocenters. The third kappa shape index (κ3) is 2.74. The second kappa shape index (κ2) is 5.69. The molecule has 1 aliphatic rings. The highest BCUT2D eigenvalue weighted by atomic mass is 19.3. The number of nitrogens with one attached hydrogen (secondary N) is 1. The van der Waals surface area contributed by atoms with Gasteiger partial charge in [0, 0.05) is 26.7 Å². The van der Waals surface area contributed by atoms with Crippen molar-refractivity contribution in [2.24, 2.45) is 7.05 Å². The number of halogens is 2. The zero-order valence-corrected chi connectivity index (χ0v) is 13.0. The number of carbonyl (C=O) groups is 2. The van der Waals surface area contributed by atoms with Crippen molar-refractivity contribution in [3.05, 3.63) is 35.7 Å². The minimum absolute atomic E-state index is 0.187. The van der Waals surface area contributed by atoms with Gasteiger partial charge >= 0.3 is 0 Å². The molecule has 0 radical (unpaired) electrons. The highest BCUT2D eigenvalue weighted by Gasteiger charge is 2.50. The summed E-state index contributed by atoms with van der Waals surface area (Å²) in [7, 11) is 3.03. The van der Waals surface area contributed by atoms with Crippen LogP contribution < -0.4 is 5.32 Å². The Morgan fingerprint density at radius 2 is 2.21 bits per heavy atom. The lowest BCUT2D eigenvalue weighted by Gasteiger charge is -2.21. The number of alkyl halides is 2. The summed E-state index contributed by atoms with van der Waals surface area (Å²) in [4.78, 5) is 28.9. The molecule has 3 heterocycles. The van der Waals surface area contributed by atoms with Gasteiger partial charge in [0.25, 0.3) is 23.6 Å². The predicted molar refractivity (Wildman–Crippen MR) is 76.4 cm³/mol. The lowest BCUT2D eigenvalue weighted by atomic mass is 10.2. The molecule has 1 saturated heterocycles. The minimum atomic E-state index is -3.08. The quantitative estimate of drug-likeness (QED) is 0.900. The summed E-state index contributed by atoms with van der Waals surface area (Å²) in [5.74, 6) is -4.70. The Balaban J connectivity index is 1.92. The van der Waals surface area contributed by atoms with E-state index < -0.39 is 36.7 Å². The average Bonchev–Trinajstić information content (AvgIpc) is 3.23. The van der Waals surface area contributed by atoms with Crippen LogP contribution in [-0.4, -0.2) is 50.9 Å². The number of aromatic nitrogens is 3. The minimum Gasteiger partial charge on any atom is -0.352 e. The molecule has 2 aromatic heterocycles. The van der Waals surface area contributed by atoms with Crippen molar-refractivity contribution in [1.82, 2.24) is 24.9 Å². The molecule has 0 bridgehead atoms. The SMILES string of the molecule is CNC(=O)c1noc([C@@H]2CC(F)(F)CN2C(=O)c2cccn2C)n1. The molecule has 2 aromatic rings. The van der Waals surface area contributed by atoms with Gasteiger partial charge in [-0.1, -0.05) is 5.16 Å². The predicted octanol–water partition coefficient (Wildman–Crippen LogP) is 0.990. The first-order chi connectivity index (χ1) is 11.3. The summed E-state index contributed by atoms with van der Waals surface area (Å²) >= 11 is 0. The molecule has 128 valence electrons. The number of likely N-dealkylation sites (tertiary alicyclic amines) is 1. The van der Waals surface area contributed by atoms with E-state index in [2.05, 4.69) is 15.5 Å². The van der Waals surface area contributed by atoms with Gasteiger partial charge in [0.2, 0.25) is 5.89 Å². The maximum absolute atomic E-state index is 13.9. The van der Waals surface area contributed by atoms with Gasteiger partial charge in [-0.15, -0.1) is 0 Å². The van der Waals surface area contributed by atoms with Crippen molar-refractivity contribution in [3.8, 4) is 0 Å². The first-order valence-electron chi connectivity index (χ1n) is 7.18. The van der Waals surface area contributed by atoms with Gasteiger partial charge in [-0.3, -0.25) is 9.59 Å². The second-order valence-corrected chi connectivity index (χ2v) is 5.55. The van der Waals surface area contributed by atoms with Crippen LogP contribution in [0.15, 0.2) is 22.9 Å². The molecule has 8 nitrogen and oxygen atoms in total. The van der Waals surface area contributed by atoms with Gasteiger partial charge in [-0.2, -0.15) is 4.98 Å². The number of hydrogen-bond acceptors (Lipinski definition) is 5. The molecule has 0 spiro atoms. The molecule has 1 fully saturated rings. The van der Waals surface area contributed by atoms with Gasteiger partial charge in [0.1, 0.15) is 11.7 Å². The zero-order chi connectivity index (χ0) is 17.5. The fourth-order valence-electron chi connectivity index (χ4n) is 2.66. The van der Waals surface area contributed by atoms with Gasteiger partial charge in [0.15, 0.2) is 0 Å². The number of amides is 2. The monoisotopic (exact) mass is 339 g/mol. The number of hydrogen-bond donors (Lipinski definition) is 1. The number of carbonyl (C=O) groups excluding carboxylic acids is 2. The summed E-state index contributed by atoms with van der Waals surface area (Å²) in [5, 5.41) is 5.78. The van der Waals surface area contributed by atoms with Crippen LogP contribution in [0, 0.1) is 0 Å². The highest BCUT2D eigenvalue weighted by molar-refractivity contribution is 5.93. The van der Waals surface area contributed by atoms with Gasteiger partial charge in [-0.05, 0) is 12.1 Å². The van der Waals surface area contributed by atoms with Crippen molar-refractivity contribution < 1.29 is 22.9 Å². The zero-order valence-electron chi connectivity index (χ0n) is 13.0.